The number of carboxylic acid groups (broad SMARTS) is 1. The second kappa shape index (κ2) is 9.53. The van der Waals surface area contributed by atoms with Gasteiger partial charge in [-0.25, -0.2) is 9.18 Å². The molecule has 2 aromatic carbocycles. The van der Waals surface area contributed by atoms with Crippen molar-refractivity contribution in [1.29, 1.82) is 0 Å². The van der Waals surface area contributed by atoms with Crippen molar-refractivity contribution in [3.05, 3.63) is 65.0 Å². The molecule has 0 saturated carbocycles. The van der Waals surface area contributed by atoms with Crippen molar-refractivity contribution in [2.45, 2.75) is 13.0 Å². The van der Waals surface area contributed by atoms with Gasteiger partial charge in [0.25, 0.3) is 5.91 Å². The van der Waals surface area contributed by atoms with E-state index in [2.05, 4.69) is 5.32 Å². The van der Waals surface area contributed by atoms with Crippen molar-refractivity contribution in [2.24, 2.45) is 0 Å². The van der Waals surface area contributed by atoms with E-state index < -0.39 is 17.7 Å². The zero-order valence-electron chi connectivity index (χ0n) is 14.3. The first-order valence-electron chi connectivity index (χ1n) is 8.03. The summed E-state index contributed by atoms with van der Waals surface area (Å²) in [6.07, 6.45) is 0.767. The predicted molar refractivity (Wildman–Crippen MR) is 93.0 cm³/mol. The number of ether oxygens (including phenoxy) is 2. The molecule has 0 bridgehead atoms. The van der Waals surface area contributed by atoms with E-state index in [4.69, 9.17) is 14.6 Å². The Morgan fingerprint density at radius 1 is 1.15 bits per heavy atom. The highest BCUT2D eigenvalue weighted by atomic mass is 19.1. The fourth-order valence-electron chi connectivity index (χ4n) is 2.25. The largest absolute Gasteiger partial charge is 0.493 e. The van der Waals surface area contributed by atoms with Crippen LogP contribution < -0.4 is 10.1 Å². The minimum absolute atomic E-state index is 0.189. The number of carbonyl (C=O) groups excluding carboxylic acids is 1. The van der Waals surface area contributed by atoms with Gasteiger partial charge in [0.05, 0.1) is 17.7 Å². The summed E-state index contributed by atoms with van der Waals surface area (Å²) in [6, 6.07) is 10.4. The van der Waals surface area contributed by atoms with Crippen molar-refractivity contribution in [3.63, 3.8) is 0 Å². The molecular formula is C19H20FNO5. The highest BCUT2D eigenvalue weighted by molar-refractivity contribution is 5.96. The quantitative estimate of drug-likeness (QED) is 0.671. The summed E-state index contributed by atoms with van der Waals surface area (Å²) in [5.74, 6) is -2.08. The Bertz CT molecular complexity index is 778. The van der Waals surface area contributed by atoms with E-state index in [1.165, 1.54) is 6.07 Å². The molecule has 0 radical (unpaired) electrons. The number of aromatic carboxylic acids is 1. The van der Waals surface area contributed by atoms with Gasteiger partial charge in [-0.3, -0.25) is 4.79 Å². The standard InChI is InChI=1S/C19H20FNO5/c1-25-8-3-9-26-15-5-2-4-13(10-15)12-21-18(22)16-7-6-14(19(23)24)11-17(16)20/h2,4-7,10-11H,3,8-9,12H2,1H3,(H,21,22)(H,23,24). The third kappa shape index (κ3) is 5.56. The SMILES string of the molecule is COCCCOc1cccc(CNC(=O)c2ccc(C(=O)O)cc2F)c1. The molecule has 0 saturated heterocycles. The smallest absolute Gasteiger partial charge is 0.335 e. The Morgan fingerprint density at radius 3 is 2.65 bits per heavy atom. The van der Waals surface area contributed by atoms with Gasteiger partial charge in [-0.1, -0.05) is 12.1 Å². The zero-order valence-corrected chi connectivity index (χ0v) is 14.3. The zero-order chi connectivity index (χ0) is 18.9. The van der Waals surface area contributed by atoms with E-state index in [-0.39, 0.29) is 17.7 Å². The second-order valence-corrected chi connectivity index (χ2v) is 5.52. The molecule has 0 fully saturated rings. The molecule has 6 nitrogen and oxygen atoms in total. The van der Waals surface area contributed by atoms with Crippen LogP contribution in [0.1, 0.15) is 32.7 Å². The van der Waals surface area contributed by atoms with Gasteiger partial charge in [-0.15, -0.1) is 0 Å². The van der Waals surface area contributed by atoms with Crippen molar-refractivity contribution < 1.29 is 28.6 Å². The molecule has 1 amide bonds. The maximum Gasteiger partial charge on any atom is 0.335 e. The Hall–Kier alpha value is -2.93. The van der Waals surface area contributed by atoms with E-state index >= 15 is 0 Å². The monoisotopic (exact) mass is 361 g/mol. The molecular weight excluding hydrogens is 341 g/mol. The summed E-state index contributed by atoms with van der Waals surface area (Å²) in [5, 5.41) is 11.4. The molecule has 0 aliphatic carbocycles. The van der Waals surface area contributed by atoms with Crippen LogP contribution >= 0.6 is 0 Å². The van der Waals surface area contributed by atoms with Crippen molar-refractivity contribution in [3.8, 4) is 5.75 Å². The van der Waals surface area contributed by atoms with Crippen LogP contribution in [0.4, 0.5) is 4.39 Å². The minimum atomic E-state index is -1.25. The summed E-state index contributed by atoms with van der Waals surface area (Å²) in [6.45, 7) is 1.32. The highest BCUT2D eigenvalue weighted by Crippen LogP contribution is 2.15. The number of carbonyl (C=O) groups is 2. The predicted octanol–water partition coefficient (Wildman–Crippen LogP) is 2.87. The average molecular weight is 361 g/mol. The van der Waals surface area contributed by atoms with Crippen LogP contribution in [-0.4, -0.2) is 37.3 Å². The van der Waals surface area contributed by atoms with Gasteiger partial charge in [0.1, 0.15) is 11.6 Å². The Morgan fingerprint density at radius 2 is 1.96 bits per heavy atom. The normalized spacial score (nSPS) is 10.4. The summed E-state index contributed by atoms with van der Waals surface area (Å²) >= 11 is 0. The molecule has 26 heavy (non-hydrogen) atoms. The number of benzene rings is 2. The van der Waals surface area contributed by atoms with Crippen molar-refractivity contribution in [2.75, 3.05) is 20.3 Å². The highest BCUT2D eigenvalue weighted by Gasteiger charge is 2.14. The minimum Gasteiger partial charge on any atom is -0.493 e. The van der Waals surface area contributed by atoms with E-state index in [1.54, 1.807) is 19.2 Å². The Balaban J connectivity index is 1.94. The summed E-state index contributed by atoms with van der Waals surface area (Å²) in [7, 11) is 1.63. The van der Waals surface area contributed by atoms with Crippen LogP contribution in [-0.2, 0) is 11.3 Å². The van der Waals surface area contributed by atoms with Gasteiger partial charge in [0, 0.05) is 26.7 Å². The van der Waals surface area contributed by atoms with Crippen molar-refractivity contribution in [1.82, 2.24) is 5.32 Å². The Labute approximate surface area is 150 Å². The molecule has 0 aliphatic rings. The third-order valence-electron chi connectivity index (χ3n) is 3.57. The van der Waals surface area contributed by atoms with Crippen LogP contribution in [0.15, 0.2) is 42.5 Å². The molecule has 0 atom stereocenters. The first kappa shape index (κ1) is 19.4. The lowest BCUT2D eigenvalue weighted by Crippen LogP contribution is -2.24. The summed E-state index contributed by atoms with van der Waals surface area (Å²) in [4.78, 5) is 22.9. The molecule has 0 unspecified atom stereocenters. The van der Waals surface area contributed by atoms with Crippen LogP contribution in [0.2, 0.25) is 0 Å². The fraction of sp³-hybridized carbons (Fsp3) is 0.263. The van der Waals surface area contributed by atoms with Gasteiger partial charge in [-0.2, -0.15) is 0 Å². The number of carboxylic acids is 1. The lowest BCUT2D eigenvalue weighted by molar-refractivity contribution is 0.0695. The van der Waals surface area contributed by atoms with E-state index in [9.17, 15) is 14.0 Å². The number of rotatable bonds is 9. The van der Waals surface area contributed by atoms with E-state index in [1.807, 2.05) is 12.1 Å². The molecule has 2 rings (SSSR count). The number of amides is 1. The first-order chi connectivity index (χ1) is 12.5. The molecule has 138 valence electrons. The maximum atomic E-state index is 13.9. The van der Waals surface area contributed by atoms with Crippen LogP contribution in [0.5, 0.6) is 5.75 Å². The second-order valence-electron chi connectivity index (χ2n) is 5.52. The fourth-order valence-corrected chi connectivity index (χ4v) is 2.25. The number of methoxy groups -OCH3 is 1. The van der Waals surface area contributed by atoms with Gasteiger partial charge < -0.3 is 19.9 Å². The third-order valence-corrected chi connectivity index (χ3v) is 3.57. The molecule has 0 heterocycles. The maximum absolute atomic E-state index is 13.9. The average Bonchev–Trinajstić information content (AvgIpc) is 2.63. The lowest BCUT2D eigenvalue weighted by Gasteiger charge is -2.09. The number of nitrogens with one attached hydrogen (secondary N) is 1. The first-order valence-corrected chi connectivity index (χ1v) is 8.03. The molecule has 0 aromatic heterocycles. The molecule has 2 aromatic rings. The molecule has 0 spiro atoms. The number of hydrogen-bond acceptors (Lipinski definition) is 4. The molecule has 2 N–H and O–H groups in total. The summed E-state index contributed by atoms with van der Waals surface area (Å²) in [5.41, 5.74) is 0.379. The molecule has 7 heteroatoms. The van der Waals surface area contributed by atoms with E-state index in [0.717, 1.165) is 24.1 Å². The lowest BCUT2D eigenvalue weighted by atomic mass is 10.1. The van der Waals surface area contributed by atoms with Crippen molar-refractivity contribution >= 4 is 11.9 Å². The van der Waals surface area contributed by atoms with Crippen LogP contribution in [0.3, 0.4) is 0 Å². The van der Waals surface area contributed by atoms with Crippen LogP contribution in [0.25, 0.3) is 0 Å². The van der Waals surface area contributed by atoms with Gasteiger partial charge in [0.2, 0.25) is 0 Å². The number of hydrogen-bond donors (Lipinski definition) is 2. The van der Waals surface area contributed by atoms with Gasteiger partial charge >= 0.3 is 5.97 Å². The topological polar surface area (TPSA) is 84.9 Å². The van der Waals surface area contributed by atoms with Crippen LogP contribution in [0, 0.1) is 5.82 Å². The van der Waals surface area contributed by atoms with E-state index in [0.29, 0.717) is 19.0 Å². The summed E-state index contributed by atoms with van der Waals surface area (Å²) < 4.78 is 24.4. The number of halogens is 1. The molecule has 0 aliphatic heterocycles. The van der Waals surface area contributed by atoms with Gasteiger partial charge in [-0.05, 0) is 35.9 Å². The Kier molecular flexibility index (Phi) is 7.11. The van der Waals surface area contributed by atoms with Gasteiger partial charge in [0.15, 0.2) is 0 Å².